The van der Waals surface area contributed by atoms with Gasteiger partial charge in [0.2, 0.25) is 0 Å². The maximum atomic E-state index is 14.0. The van der Waals surface area contributed by atoms with Gasteiger partial charge in [-0.3, -0.25) is 9.48 Å². The van der Waals surface area contributed by atoms with E-state index in [-0.39, 0.29) is 11.4 Å². The van der Waals surface area contributed by atoms with Crippen molar-refractivity contribution < 1.29 is 4.39 Å². The number of fused-ring (bicyclic) bond motifs is 6. The Morgan fingerprint density at radius 1 is 1.16 bits per heavy atom. The topological polar surface area (TPSA) is 79.7 Å². The van der Waals surface area contributed by atoms with E-state index in [2.05, 4.69) is 20.0 Å². The first kappa shape index (κ1) is 18.4. The molecule has 0 atom stereocenters. The van der Waals surface area contributed by atoms with Gasteiger partial charge >= 0.3 is 0 Å². The van der Waals surface area contributed by atoms with E-state index in [1.807, 2.05) is 10.7 Å². The summed E-state index contributed by atoms with van der Waals surface area (Å²) >= 11 is 1.61. The van der Waals surface area contributed by atoms with Crippen molar-refractivity contribution in [3.05, 3.63) is 59.3 Å². The highest BCUT2D eigenvalue weighted by Crippen LogP contribution is 2.40. The number of rotatable bonds is 3. The Balaban J connectivity index is 1.41. The lowest BCUT2D eigenvalue weighted by Gasteiger charge is -2.31. The molecule has 1 saturated heterocycles. The Bertz CT molecular complexity index is 1470. The molecule has 6 rings (SSSR count). The van der Waals surface area contributed by atoms with E-state index in [4.69, 9.17) is 4.98 Å². The highest BCUT2D eigenvalue weighted by atomic mass is 32.1. The van der Waals surface area contributed by atoms with E-state index in [0.717, 1.165) is 58.6 Å². The predicted octanol–water partition coefficient (Wildman–Crippen LogP) is 3.94. The molecule has 1 N–H and O–H groups in total. The molecule has 9 heteroatoms. The largest absolute Gasteiger partial charge is 0.348 e. The van der Waals surface area contributed by atoms with Crippen LogP contribution in [0, 0.1) is 11.7 Å². The Morgan fingerprint density at radius 3 is 2.84 bits per heavy atom. The lowest BCUT2D eigenvalue weighted by Crippen LogP contribution is -2.35. The summed E-state index contributed by atoms with van der Waals surface area (Å²) in [7, 11) is 0. The Kier molecular flexibility index (Phi) is 4.24. The highest BCUT2D eigenvalue weighted by molar-refractivity contribution is 7.23. The van der Waals surface area contributed by atoms with Crippen molar-refractivity contribution in [2.24, 2.45) is 5.92 Å². The fourth-order valence-corrected chi connectivity index (χ4v) is 5.74. The van der Waals surface area contributed by atoms with E-state index in [9.17, 15) is 9.18 Å². The van der Waals surface area contributed by atoms with Gasteiger partial charge in [-0.2, -0.15) is 5.10 Å². The molecule has 0 radical (unpaired) electrons. The third kappa shape index (κ3) is 3.07. The van der Waals surface area contributed by atoms with Crippen LogP contribution < -0.4 is 10.5 Å². The first-order chi connectivity index (χ1) is 15.2. The summed E-state index contributed by atoms with van der Waals surface area (Å²) in [6.45, 7) is 2.73. The molecular formula is C22H19FN6OS. The zero-order chi connectivity index (χ0) is 20.9. The van der Waals surface area contributed by atoms with Gasteiger partial charge in [0, 0.05) is 42.0 Å². The van der Waals surface area contributed by atoms with Crippen LogP contribution in [-0.2, 0) is 6.54 Å². The molecule has 4 heterocycles. The van der Waals surface area contributed by atoms with Gasteiger partial charge in [-0.25, -0.2) is 14.4 Å². The normalized spacial score (nSPS) is 15.5. The Morgan fingerprint density at radius 2 is 2.03 bits per heavy atom. The standard InChI is InChI=1S/C22H19FN6OS/c23-14-1-2-15-17(9-14)18-16(3-6-25-21(18)30)20-19(15)27-22(31-20)28-7-4-13(5-8-28)10-29-12-24-11-26-29/h1-3,6,9,11-13H,4-5,7-8,10H2,(H,25,30). The number of aromatic nitrogens is 5. The molecule has 1 aliphatic rings. The fourth-order valence-electron chi connectivity index (χ4n) is 4.57. The SMILES string of the molecule is O=c1[nH]ccc2c3sc(N4CCC(Cn5cncn5)CC4)nc3c3ccc(F)cc3c12. The minimum absolute atomic E-state index is 0.209. The van der Waals surface area contributed by atoms with E-state index < -0.39 is 0 Å². The monoisotopic (exact) mass is 434 g/mol. The summed E-state index contributed by atoms with van der Waals surface area (Å²) in [5.74, 6) is 0.205. The first-order valence-electron chi connectivity index (χ1n) is 10.3. The van der Waals surface area contributed by atoms with Crippen molar-refractivity contribution in [3.63, 3.8) is 0 Å². The van der Waals surface area contributed by atoms with Crippen LogP contribution in [0.1, 0.15) is 12.8 Å². The van der Waals surface area contributed by atoms with E-state index >= 15 is 0 Å². The van der Waals surface area contributed by atoms with Gasteiger partial charge in [-0.05, 0) is 43.0 Å². The molecule has 0 aliphatic carbocycles. The summed E-state index contributed by atoms with van der Waals surface area (Å²) in [6.07, 6.45) is 7.09. The van der Waals surface area contributed by atoms with Crippen LogP contribution in [0.5, 0.6) is 0 Å². The number of aromatic amines is 1. The quantitative estimate of drug-likeness (QED) is 0.435. The van der Waals surface area contributed by atoms with Gasteiger partial charge in [-0.15, -0.1) is 0 Å². The Hall–Kier alpha value is -3.33. The molecule has 1 fully saturated rings. The van der Waals surface area contributed by atoms with Gasteiger partial charge in [-0.1, -0.05) is 11.3 Å². The molecule has 0 bridgehead atoms. The molecule has 31 heavy (non-hydrogen) atoms. The van der Waals surface area contributed by atoms with Gasteiger partial charge in [0.25, 0.3) is 5.56 Å². The van der Waals surface area contributed by atoms with Gasteiger partial charge in [0.05, 0.1) is 15.6 Å². The van der Waals surface area contributed by atoms with Crippen molar-refractivity contribution in [3.8, 4) is 0 Å². The van der Waals surface area contributed by atoms with Crippen LogP contribution in [0.2, 0.25) is 0 Å². The van der Waals surface area contributed by atoms with E-state index in [0.29, 0.717) is 16.7 Å². The number of hydrogen-bond donors (Lipinski definition) is 1. The number of benzene rings is 2. The van der Waals surface area contributed by atoms with Crippen molar-refractivity contribution in [1.29, 1.82) is 0 Å². The molecule has 0 unspecified atom stereocenters. The lowest BCUT2D eigenvalue weighted by atomic mass is 9.97. The number of piperidine rings is 1. The van der Waals surface area contributed by atoms with Crippen molar-refractivity contribution in [2.75, 3.05) is 18.0 Å². The van der Waals surface area contributed by atoms with Gasteiger partial charge < -0.3 is 9.88 Å². The predicted molar refractivity (Wildman–Crippen MR) is 120 cm³/mol. The second-order valence-corrected chi connectivity index (χ2v) is 8.99. The smallest absolute Gasteiger partial charge is 0.256 e. The van der Waals surface area contributed by atoms with Crippen LogP contribution in [-0.4, -0.2) is 37.8 Å². The van der Waals surface area contributed by atoms with E-state index in [1.165, 1.54) is 12.1 Å². The fraction of sp³-hybridized carbons (Fsp3) is 0.273. The second kappa shape index (κ2) is 7.12. The average Bonchev–Trinajstić information content (AvgIpc) is 3.44. The molecule has 156 valence electrons. The van der Waals surface area contributed by atoms with Crippen LogP contribution in [0.25, 0.3) is 31.8 Å². The number of pyridine rings is 1. The molecule has 0 amide bonds. The van der Waals surface area contributed by atoms with Gasteiger partial charge in [0.15, 0.2) is 5.13 Å². The van der Waals surface area contributed by atoms with Crippen LogP contribution in [0.4, 0.5) is 9.52 Å². The first-order valence-corrected chi connectivity index (χ1v) is 11.1. The number of thiazole rings is 1. The average molecular weight is 435 g/mol. The molecule has 5 aromatic rings. The third-order valence-electron chi connectivity index (χ3n) is 6.12. The minimum Gasteiger partial charge on any atom is -0.348 e. The summed E-state index contributed by atoms with van der Waals surface area (Å²) in [4.78, 5) is 26.6. The zero-order valence-corrected chi connectivity index (χ0v) is 17.4. The number of halogens is 1. The maximum Gasteiger partial charge on any atom is 0.256 e. The lowest BCUT2D eigenvalue weighted by molar-refractivity contribution is 0.342. The van der Waals surface area contributed by atoms with E-state index in [1.54, 1.807) is 36.3 Å². The molecule has 3 aromatic heterocycles. The third-order valence-corrected chi connectivity index (χ3v) is 7.27. The van der Waals surface area contributed by atoms with Crippen LogP contribution in [0.15, 0.2) is 47.9 Å². The van der Waals surface area contributed by atoms with Crippen molar-refractivity contribution in [1.82, 2.24) is 24.7 Å². The number of hydrogen-bond acceptors (Lipinski definition) is 6. The molecule has 0 saturated carbocycles. The van der Waals surface area contributed by atoms with Crippen LogP contribution in [0.3, 0.4) is 0 Å². The minimum atomic E-state index is -0.360. The molecular weight excluding hydrogens is 415 g/mol. The number of nitrogens with zero attached hydrogens (tertiary/aromatic N) is 5. The Labute approximate surface area is 180 Å². The molecule has 1 aliphatic heterocycles. The summed E-state index contributed by atoms with van der Waals surface area (Å²) in [5.41, 5.74) is 0.622. The number of nitrogens with one attached hydrogen (secondary N) is 1. The number of H-pyrrole nitrogens is 1. The van der Waals surface area contributed by atoms with Gasteiger partial charge in [0.1, 0.15) is 18.5 Å². The molecule has 0 spiro atoms. The highest BCUT2D eigenvalue weighted by Gasteiger charge is 2.24. The van der Waals surface area contributed by atoms with Crippen molar-refractivity contribution >= 4 is 48.2 Å². The maximum absolute atomic E-state index is 14.0. The number of anilines is 1. The second-order valence-electron chi connectivity index (χ2n) is 8.01. The van der Waals surface area contributed by atoms with Crippen LogP contribution >= 0.6 is 11.3 Å². The molecule has 2 aromatic carbocycles. The molecule has 7 nitrogen and oxygen atoms in total. The summed E-state index contributed by atoms with van der Waals surface area (Å²) < 4.78 is 16.9. The summed E-state index contributed by atoms with van der Waals surface area (Å²) in [5, 5.41) is 7.92. The summed E-state index contributed by atoms with van der Waals surface area (Å²) in [6, 6.07) is 6.48. The zero-order valence-electron chi connectivity index (χ0n) is 16.6. The van der Waals surface area contributed by atoms with Crippen molar-refractivity contribution in [2.45, 2.75) is 19.4 Å².